The number of ether oxygens (including phenoxy) is 1. The molecule has 3 nitrogen and oxygen atoms in total. The van der Waals surface area contributed by atoms with E-state index in [4.69, 9.17) is 10.5 Å². The summed E-state index contributed by atoms with van der Waals surface area (Å²) in [5.74, 6) is 0.922. The molecular formula is C13H22N2O. The Morgan fingerprint density at radius 2 is 2.19 bits per heavy atom. The standard InChI is InChI=1S/C13H22N2O/c1-10-9-11(6-7-13(10)16-3)12(14)5-4-8-15-2/h6-7,9,12,15H,4-5,8,14H2,1-3H3. The molecule has 0 aliphatic heterocycles. The van der Waals surface area contributed by atoms with Gasteiger partial charge in [-0.15, -0.1) is 0 Å². The summed E-state index contributed by atoms with van der Waals surface area (Å²) >= 11 is 0. The van der Waals surface area contributed by atoms with Crippen LogP contribution in [0.3, 0.4) is 0 Å². The molecule has 1 unspecified atom stereocenters. The van der Waals surface area contributed by atoms with E-state index in [9.17, 15) is 0 Å². The highest BCUT2D eigenvalue weighted by molar-refractivity contribution is 5.37. The monoisotopic (exact) mass is 222 g/mol. The smallest absolute Gasteiger partial charge is 0.121 e. The zero-order chi connectivity index (χ0) is 12.0. The van der Waals surface area contributed by atoms with Crippen LogP contribution < -0.4 is 15.8 Å². The Morgan fingerprint density at radius 3 is 2.75 bits per heavy atom. The number of nitrogens with one attached hydrogen (secondary N) is 1. The van der Waals surface area contributed by atoms with Crippen LogP contribution in [0.4, 0.5) is 0 Å². The lowest BCUT2D eigenvalue weighted by atomic mass is 10.0. The molecular weight excluding hydrogens is 200 g/mol. The van der Waals surface area contributed by atoms with E-state index in [1.165, 1.54) is 5.56 Å². The predicted molar refractivity (Wildman–Crippen MR) is 67.8 cm³/mol. The summed E-state index contributed by atoms with van der Waals surface area (Å²) in [7, 11) is 3.65. The Morgan fingerprint density at radius 1 is 1.44 bits per heavy atom. The van der Waals surface area contributed by atoms with Crippen LogP contribution in [0.1, 0.15) is 30.0 Å². The number of hydrogen-bond acceptors (Lipinski definition) is 3. The molecule has 0 spiro atoms. The number of benzene rings is 1. The summed E-state index contributed by atoms with van der Waals surface area (Å²) in [5.41, 5.74) is 8.46. The summed E-state index contributed by atoms with van der Waals surface area (Å²) in [5, 5.41) is 3.13. The first-order valence-corrected chi connectivity index (χ1v) is 5.73. The molecule has 0 radical (unpaired) electrons. The first-order valence-electron chi connectivity index (χ1n) is 5.73. The minimum Gasteiger partial charge on any atom is -0.496 e. The van der Waals surface area contributed by atoms with Crippen molar-refractivity contribution in [2.75, 3.05) is 20.7 Å². The number of hydrogen-bond donors (Lipinski definition) is 2. The Kier molecular flexibility index (Phi) is 5.29. The Balaban J connectivity index is 2.62. The van der Waals surface area contributed by atoms with Crippen molar-refractivity contribution in [1.82, 2.24) is 5.32 Å². The molecule has 90 valence electrons. The van der Waals surface area contributed by atoms with E-state index in [1.807, 2.05) is 20.0 Å². The zero-order valence-corrected chi connectivity index (χ0v) is 10.4. The van der Waals surface area contributed by atoms with Crippen molar-refractivity contribution < 1.29 is 4.74 Å². The minimum atomic E-state index is 0.123. The molecule has 0 saturated heterocycles. The van der Waals surface area contributed by atoms with E-state index in [2.05, 4.69) is 17.4 Å². The van der Waals surface area contributed by atoms with Crippen molar-refractivity contribution in [1.29, 1.82) is 0 Å². The molecule has 3 N–H and O–H groups in total. The van der Waals surface area contributed by atoms with Crippen molar-refractivity contribution in [3.05, 3.63) is 29.3 Å². The van der Waals surface area contributed by atoms with Gasteiger partial charge in [-0.1, -0.05) is 12.1 Å². The van der Waals surface area contributed by atoms with Crippen LogP contribution in [0.15, 0.2) is 18.2 Å². The highest BCUT2D eigenvalue weighted by Gasteiger charge is 2.07. The Hall–Kier alpha value is -1.06. The van der Waals surface area contributed by atoms with Crippen molar-refractivity contribution in [3.63, 3.8) is 0 Å². The van der Waals surface area contributed by atoms with Crippen molar-refractivity contribution in [2.24, 2.45) is 5.73 Å². The molecule has 1 aromatic carbocycles. The zero-order valence-electron chi connectivity index (χ0n) is 10.4. The van der Waals surface area contributed by atoms with Crippen LogP contribution in [0.25, 0.3) is 0 Å². The molecule has 0 aliphatic carbocycles. The molecule has 0 bridgehead atoms. The lowest BCUT2D eigenvalue weighted by Crippen LogP contribution is -2.14. The molecule has 1 aromatic rings. The van der Waals surface area contributed by atoms with Gasteiger partial charge in [0.15, 0.2) is 0 Å². The van der Waals surface area contributed by atoms with E-state index >= 15 is 0 Å². The van der Waals surface area contributed by atoms with Gasteiger partial charge in [-0.2, -0.15) is 0 Å². The van der Waals surface area contributed by atoms with E-state index in [-0.39, 0.29) is 6.04 Å². The van der Waals surface area contributed by atoms with Gasteiger partial charge in [-0.3, -0.25) is 0 Å². The lowest BCUT2D eigenvalue weighted by molar-refractivity contribution is 0.411. The maximum absolute atomic E-state index is 6.13. The van der Waals surface area contributed by atoms with Gasteiger partial charge in [0, 0.05) is 6.04 Å². The summed E-state index contributed by atoms with van der Waals surface area (Å²) < 4.78 is 5.23. The van der Waals surface area contributed by atoms with E-state index in [0.29, 0.717) is 0 Å². The normalized spacial score (nSPS) is 12.5. The maximum Gasteiger partial charge on any atom is 0.121 e. The van der Waals surface area contributed by atoms with Gasteiger partial charge < -0.3 is 15.8 Å². The fraction of sp³-hybridized carbons (Fsp3) is 0.538. The molecule has 0 fully saturated rings. The first-order chi connectivity index (χ1) is 7.69. The minimum absolute atomic E-state index is 0.123. The Bertz CT molecular complexity index is 326. The van der Waals surface area contributed by atoms with E-state index in [0.717, 1.165) is 30.7 Å². The van der Waals surface area contributed by atoms with Crippen molar-refractivity contribution in [3.8, 4) is 5.75 Å². The highest BCUT2D eigenvalue weighted by Crippen LogP contribution is 2.23. The van der Waals surface area contributed by atoms with E-state index in [1.54, 1.807) is 7.11 Å². The van der Waals surface area contributed by atoms with Crippen LogP contribution in [-0.4, -0.2) is 20.7 Å². The molecule has 0 amide bonds. The molecule has 3 heteroatoms. The largest absolute Gasteiger partial charge is 0.496 e. The fourth-order valence-electron chi connectivity index (χ4n) is 1.80. The molecule has 1 rings (SSSR count). The second kappa shape index (κ2) is 6.51. The third kappa shape index (κ3) is 3.51. The average molecular weight is 222 g/mol. The third-order valence-electron chi connectivity index (χ3n) is 2.79. The summed E-state index contributed by atoms with van der Waals surface area (Å²) in [6.45, 7) is 3.06. The number of nitrogens with two attached hydrogens (primary N) is 1. The number of aryl methyl sites for hydroxylation is 1. The van der Waals surface area contributed by atoms with E-state index < -0.39 is 0 Å². The first kappa shape index (κ1) is 13.0. The van der Waals surface area contributed by atoms with Gasteiger partial charge in [0.1, 0.15) is 5.75 Å². The van der Waals surface area contributed by atoms with Crippen LogP contribution in [0, 0.1) is 6.92 Å². The topological polar surface area (TPSA) is 47.3 Å². The maximum atomic E-state index is 6.13. The van der Waals surface area contributed by atoms with Gasteiger partial charge in [-0.25, -0.2) is 0 Å². The molecule has 0 saturated carbocycles. The van der Waals surface area contributed by atoms with Gasteiger partial charge >= 0.3 is 0 Å². The second-order valence-corrected chi connectivity index (χ2v) is 4.08. The van der Waals surface area contributed by atoms with Gasteiger partial charge in [0.05, 0.1) is 7.11 Å². The molecule has 0 aliphatic rings. The summed E-state index contributed by atoms with van der Waals surface area (Å²) in [4.78, 5) is 0. The number of methoxy groups -OCH3 is 1. The van der Waals surface area contributed by atoms with Crippen LogP contribution in [0.2, 0.25) is 0 Å². The van der Waals surface area contributed by atoms with Gasteiger partial charge in [-0.05, 0) is 50.6 Å². The van der Waals surface area contributed by atoms with Gasteiger partial charge in [0.25, 0.3) is 0 Å². The SMILES string of the molecule is CNCCCC(N)c1ccc(OC)c(C)c1. The molecule has 0 aromatic heterocycles. The van der Waals surface area contributed by atoms with Gasteiger partial charge in [0.2, 0.25) is 0 Å². The summed E-state index contributed by atoms with van der Waals surface area (Å²) in [6.07, 6.45) is 2.11. The molecule has 0 heterocycles. The van der Waals surface area contributed by atoms with Crippen molar-refractivity contribution in [2.45, 2.75) is 25.8 Å². The third-order valence-corrected chi connectivity index (χ3v) is 2.79. The highest BCUT2D eigenvalue weighted by atomic mass is 16.5. The quantitative estimate of drug-likeness (QED) is 0.724. The lowest BCUT2D eigenvalue weighted by Gasteiger charge is -2.14. The Labute approximate surface area is 98.0 Å². The second-order valence-electron chi connectivity index (χ2n) is 4.08. The average Bonchev–Trinajstić information content (AvgIpc) is 2.29. The summed E-state index contributed by atoms with van der Waals surface area (Å²) in [6, 6.07) is 6.28. The number of rotatable bonds is 6. The van der Waals surface area contributed by atoms with Crippen LogP contribution >= 0.6 is 0 Å². The molecule has 1 atom stereocenters. The van der Waals surface area contributed by atoms with Crippen LogP contribution in [0.5, 0.6) is 5.75 Å². The van der Waals surface area contributed by atoms with Crippen molar-refractivity contribution >= 4 is 0 Å². The molecule has 16 heavy (non-hydrogen) atoms. The predicted octanol–water partition coefficient (Wildman–Crippen LogP) is 2.00. The van der Waals surface area contributed by atoms with Crippen LogP contribution in [-0.2, 0) is 0 Å². The fourth-order valence-corrected chi connectivity index (χ4v) is 1.80.